The summed E-state index contributed by atoms with van der Waals surface area (Å²) in [6, 6.07) is 14.6. The van der Waals surface area contributed by atoms with Gasteiger partial charge in [-0.2, -0.15) is 9.57 Å². The molecule has 2 aromatic carbocycles. The van der Waals surface area contributed by atoms with Crippen LogP contribution in [0.1, 0.15) is 12.1 Å². The number of ether oxygens (including phenoxy) is 1. The summed E-state index contributed by atoms with van der Waals surface area (Å²) in [6.07, 6.45) is 3.00. The van der Waals surface area contributed by atoms with Gasteiger partial charge in [0, 0.05) is 24.3 Å². The van der Waals surface area contributed by atoms with Crippen molar-refractivity contribution in [1.82, 2.24) is 14.3 Å². The zero-order valence-electron chi connectivity index (χ0n) is 14.3. The molecule has 0 bridgehead atoms. The largest absolute Gasteiger partial charge is 0.471 e. The number of rotatable bonds is 4. The Bertz CT molecular complexity index is 1140. The van der Waals surface area contributed by atoms with Crippen LogP contribution in [0.25, 0.3) is 10.8 Å². The second kappa shape index (κ2) is 6.95. The Labute approximate surface area is 156 Å². The van der Waals surface area contributed by atoms with Crippen molar-refractivity contribution in [2.24, 2.45) is 0 Å². The molecule has 2 heterocycles. The maximum Gasteiger partial charge on any atom is 0.251 e. The zero-order chi connectivity index (χ0) is 18.9. The Morgan fingerprint density at radius 1 is 1.11 bits per heavy atom. The minimum atomic E-state index is -3.65. The average molecular weight is 380 g/mol. The fraction of sp³-hybridized carbons (Fsp3) is 0.211. The summed E-state index contributed by atoms with van der Waals surface area (Å²) >= 11 is 0. The summed E-state index contributed by atoms with van der Waals surface area (Å²) in [6.45, 7) is 0.547. The highest BCUT2D eigenvalue weighted by molar-refractivity contribution is 7.89. The maximum atomic E-state index is 13.2. The van der Waals surface area contributed by atoms with Crippen molar-refractivity contribution in [3.8, 4) is 11.9 Å². The Kier molecular flexibility index (Phi) is 4.48. The first-order chi connectivity index (χ1) is 13.1. The number of nitriles is 1. The van der Waals surface area contributed by atoms with E-state index in [0.29, 0.717) is 23.2 Å². The molecule has 0 aliphatic carbocycles. The molecule has 7 nitrogen and oxygen atoms in total. The molecule has 1 aliphatic rings. The molecule has 0 radical (unpaired) electrons. The van der Waals surface area contributed by atoms with Crippen LogP contribution in [-0.2, 0) is 10.0 Å². The highest BCUT2D eigenvalue weighted by Crippen LogP contribution is 2.29. The number of sulfonamides is 1. The topological polar surface area (TPSA) is 96.2 Å². The van der Waals surface area contributed by atoms with E-state index in [0.717, 1.165) is 5.39 Å². The molecule has 27 heavy (non-hydrogen) atoms. The Morgan fingerprint density at radius 3 is 2.74 bits per heavy atom. The normalized spacial score (nSPS) is 17.7. The number of nitrogens with zero attached hydrogens (tertiary/aromatic N) is 4. The Hall–Kier alpha value is -3.02. The van der Waals surface area contributed by atoms with Crippen LogP contribution in [0.4, 0.5) is 0 Å². The van der Waals surface area contributed by atoms with Crippen LogP contribution >= 0.6 is 0 Å². The number of fused-ring (bicyclic) bond motifs is 1. The molecular formula is C19H16N4O3S. The molecule has 1 fully saturated rings. The zero-order valence-corrected chi connectivity index (χ0v) is 15.1. The summed E-state index contributed by atoms with van der Waals surface area (Å²) < 4.78 is 33.5. The van der Waals surface area contributed by atoms with Gasteiger partial charge in [-0.3, -0.25) is 0 Å². The van der Waals surface area contributed by atoms with Gasteiger partial charge in [0.05, 0.1) is 11.4 Å². The van der Waals surface area contributed by atoms with Crippen molar-refractivity contribution in [2.75, 3.05) is 13.1 Å². The molecule has 0 spiro atoms. The van der Waals surface area contributed by atoms with Gasteiger partial charge in [0.1, 0.15) is 12.2 Å². The van der Waals surface area contributed by atoms with Crippen LogP contribution in [0.15, 0.2) is 59.8 Å². The quantitative estimate of drug-likeness (QED) is 0.689. The SMILES string of the molecule is N#Cc1nccnc1OC1CCN(S(=O)(=O)c2cccc3ccccc23)C1. The maximum absolute atomic E-state index is 13.2. The van der Waals surface area contributed by atoms with Crippen molar-refractivity contribution in [1.29, 1.82) is 5.26 Å². The molecule has 1 atom stereocenters. The van der Waals surface area contributed by atoms with Crippen molar-refractivity contribution in [3.63, 3.8) is 0 Å². The lowest BCUT2D eigenvalue weighted by molar-refractivity contribution is 0.205. The van der Waals surface area contributed by atoms with E-state index in [4.69, 9.17) is 10.00 Å². The van der Waals surface area contributed by atoms with Gasteiger partial charge in [-0.15, -0.1) is 0 Å². The molecule has 3 aromatic rings. The van der Waals surface area contributed by atoms with Crippen LogP contribution in [0.5, 0.6) is 5.88 Å². The van der Waals surface area contributed by atoms with E-state index in [1.165, 1.54) is 16.7 Å². The van der Waals surface area contributed by atoms with Crippen molar-refractivity contribution >= 4 is 20.8 Å². The van der Waals surface area contributed by atoms with Crippen molar-refractivity contribution in [3.05, 3.63) is 60.6 Å². The number of aromatic nitrogens is 2. The van der Waals surface area contributed by atoms with Crippen LogP contribution in [-0.4, -0.2) is 41.9 Å². The van der Waals surface area contributed by atoms with E-state index in [2.05, 4.69) is 9.97 Å². The molecule has 1 unspecified atom stereocenters. The second-order valence-electron chi connectivity index (χ2n) is 6.19. The number of hydrogen-bond acceptors (Lipinski definition) is 6. The van der Waals surface area contributed by atoms with Crippen molar-refractivity contribution in [2.45, 2.75) is 17.4 Å². The minimum absolute atomic E-state index is 0.0906. The van der Waals surface area contributed by atoms with E-state index in [-0.39, 0.29) is 24.2 Å². The van der Waals surface area contributed by atoms with E-state index in [9.17, 15) is 8.42 Å². The number of benzene rings is 2. The van der Waals surface area contributed by atoms with Gasteiger partial charge in [-0.1, -0.05) is 36.4 Å². The Balaban J connectivity index is 1.58. The fourth-order valence-electron chi connectivity index (χ4n) is 3.22. The molecule has 1 aromatic heterocycles. The lowest BCUT2D eigenvalue weighted by atomic mass is 10.1. The van der Waals surface area contributed by atoms with Crippen LogP contribution < -0.4 is 4.74 Å². The summed E-state index contributed by atoms with van der Waals surface area (Å²) in [5.41, 5.74) is 0.0906. The third-order valence-corrected chi connectivity index (χ3v) is 6.45. The Morgan fingerprint density at radius 2 is 1.89 bits per heavy atom. The van der Waals surface area contributed by atoms with E-state index < -0.39 is 10.0 Å². The summed E-state index contributed by atoms with van der Waals surface area (Å²) in [7, 11) is -3.65. The van der Waals surface area contributed by atoms with Gasteiger partial charge in [-0.25, -0.2) is 18.4 Å². The first-order valence-corrected chi connectivity index (χ1v) is 9.89. The van der Waals surface area contributed by atoms with Crippen LogP contribution in [0.3, 0.4) is 0 Å². The summed E-state index contributed by atoms with van der Waals surface area (Å²) in [5, 5.41) is 10.7. The highest BCUT2D eigenvalue weighted by Gasteiger charge is 2.35. The van der Waals surface area contributed by atoms with Crippen molar-refractivity contribution < 1.29 is 13.2 Å². The predicted molar refractivity (Wildman–Crippen MR) is 98.5 cm³/mol. The monoisotopic (exact) mass is 380 g/mol. The van der Waals surface area contributed by atoms with E-state index >= 15 is 0 Å². The highest BCUT2D eigenvalue weighted by atomic mass is 32.2. The average Bonchev–Trinajstić information content (AvgIpc) is 3.17. The standard InChI is InChI=1S/C19H16N4O3S/c20-12-17-19(22-10-9-21-17)26-15-8-11-23(13-15)27(24,25)18-7-3-5-14-4-1-2-6-16(14)18/h1-7,9-10,15H,8,11,13H2. The summed E-state index contributed by atoms with van der Waals surface area (Å²) in [4.78, 5) is 8.22. The molecule has 0 N–H and O–H groups in total. The molecule has 1 saturated heterocycles. The van der Waals surface area contributed by atoms with Gasteiger partial charge in [0.25, 0.3) is 5.88 Å². The van der Waals surface area contributed by atoms with Gasteiger partial charge in [0.2, 0.25) is 15.7 Å². The van der Waals surface area contributed by atoms with Crippen LogP contribution in [0, 0.1) is 11.3 Å². The smallest absolute Gasteiger partial charge is 0.251 e. The fourth-order valence-corrected chi connectivity index (χ4v) is 4.92. The molecular weight excluding hydrogens is 364 g/mol. The lowest BCUT2D eigenvalue weighted by Gasteiger charge is -2.18. The van der Waals surface area contributed by atoms with Gasteiger partial charge < -0.3 is 4.74 Å². The number of hydrogen-bond donors (Lipinski definition) is 0. The lowest BCUT2D eigenvalue weighted by Crippen LogP contribution is -2.31. The molecule has 4 rings (SSSR count). The first-order valence-electron chi connectivity index (χ1n) is 8.45. The minimum Gasteiger partial charge on any atom is -0.471 e. The molecule has 1 aliphatic heterocycles. The summed E-state index contributed by atoms with van der Waals surface area (Å²) in [5.74, 6) is 0.134. The molecule has 136 valence electrons. The molecule has 0 saturated carbocycles. The third-order valence-electron chi connectivity index (χ3n) is 4.52. The van der Waals surface area contributed by atoms with Gasteiger partial charge >= 0.3 is 0 Å². The molecule has 0 amide bonds. The first kappa shape index (κ1) is 17.4. The van der Waals surface area contributed by atoms with Gasteiger partial charge in [-0.05, 0) is 17.9 Å². The van der Waals surface area contributed by atoms with E-state index in [1.54, 1.807) is 12.1 Å². The van der Waals surface area contributed by atoms with Crippen LogP contribution in [0.2, 0.25) is 0 Å². The molecule has 8 heteroatoms. The third kappa shape index (κ3) is 3.23. The van der Waals surface area contributed by atoms with E-state index in [1.807, 2.05) is 36.4 Å². The van der Waals surface area contributed by atoms with Gasteiger partial charge in [0.15, 0.2) is 0 Å². The second-order valence-corrected chi connectivity index (χ2v) is 8.10. The predicted octanol–water partition coefficient (Wildman–Crippen LogP) is 2.34.